The van der Waals surface area contributed by atoms with Crippen LogP contribution in [0.25, 0.3) is 0 Å². The third kappa shape index (κ3) is 22.5. The van der Waals surface area contributed by atoms with E-state index in [1.807, 2.05) is 32.9 Å². The molecule has 17 heteroatoms. The summed E-state index contributed by atoms with van der Waals surface area (Å²) in [4.78, 5) is 25.4. The van der Waals surface area contributed by atoms with Crippen LogP contribution in [0.15, 0.2) is 59.8 Å². The Labute approximate surface area is 428 Å². The summed E-state index contributed by atoms with van der Waals surface area (Å²) >= 11 is 0. The van der Waals surface area contributed by atoms with Gasteiger partial charge in [-0.15, -0.1) is 0 Å². The lowest BCUT2D eigenvalue weighted by atomic mass is 9.82. The molecule has 0 aliphatic carbocycles. The lowest BCUT2D eigenvalue weighted by Crippen LogP contribution is -2.41. The molecule has 1 saturated heterocycles. The van der Waals surface area contributed by atoms with Crippen molar-refractivity contribution >= 4 is 11.9 Å². The van der Waals surface area contributed by atoms with Gasteiger partial charge in [-0.25, -0.2) is 4.79 Å². The average molecular weight is 1030 g/mol. The van der Waals surface area contributed by atoms with Crippen LogP contribution in [-0.4, -0.2) is 170 Å². The van der Waals surface area contributed by atoms with E-state index >= 15 is 0 Å². The van der Waals surface area contributed by atoms with Crippen LogP contribution in [0.3, 0.4) is 0 Å². The highest BCUT2D eigenvalue weighted by molar-refractivity contribution is 5.87. The van der Waals surface area contributed by atoms with Crippen LogP contribution >= 0.6 is 0 Å². The molecule has 0 amide bonds. The normalized spacial score (nSPS) is 41.4. The fourth-order valence-corrected chi connectivity index (χ4v) is 9.41. The van der Waals surface area contributed by atoms with Crippen LogP contribution in [0.5, 0.6) is 0 Å². The third-order valence-electron chi connectivity index (χ3n) is 15.1. The minimum absolute atomic E-state index is 0.145. The van der Waals surface area contributed by atoms with Crippen molar-refractivity contribution < 1.29 is 85.4 Å². The minimum Gasteiger partial charge on any atom is -0.462 e. The summed E-state index contributed by atoms with van der Waals surface area (Å²) in [5.74, 6) is -4.56. The Morgan fingerprint density at radius 3 is 1.69 bits per heavy atom. The van der Waals surface area contributed by atoms with Crippen LogP contribution < -0.4 is 0 Å². The number of aliphatic hydroxyl groups is 13. The van der Waals surface area contributed by atoms with Gasteiger partial charge in [-0.2, -0.15) is 0 Å². The zero-order chi connectivity index (χ0) is 54.6. The van der Waals surface area contributed by atoms with Gasteiger partial charge in [-0.3, -0.25) is 4.79 Å². The molecule has 22 atom stereocenters. The van der Waals surface area contributed by atoms with Crippen molar-refractivity contribution in [2.75, 3.05) is 0 Å². The maximum Gasteiger partial charge on any atom is 0.333 e. The van der Waals surface area contributed by atoms with Crippen molar-refractivity contribution in [3.8, 4) is 0 Å². The molecule has 2 aliphatic heterocycles. The second-order valence-electron chi connectivity index (χ2n) is 21.5. The maximum absolute atomic E-state index is 13.4. The van der Waals surface area contributed by atoms with Gasteiger partial charge < -0.3 is 75.9 Å². The van der Waals surface area contributed by atoms with Gasteiger partial charge in [0.25, 0.3) is 0 Å². The van der Waals surface area contributed by atoms with Crippen LogP contribution in [0.2, 0.25) is 0 Å². The summed E-state index contributed by atoms with van der Waals surface area (Å²) in [6.45, 7) is 15.3. The monoisotopic (exact) mass is 1030 g/mol. The Hall–Kier alpha value is -2.88. The summed E-state index contributed by atoms with van der Waals surface area (Å²) in [5.41, 5.74) is 0.674. The molecule has 0 radical (unpaired) electrons. The molecule has 0 spiro atoms. The van der Waals surface area contributed by atoms with Gasteiger partial charge in [0, 0.05) is 66.8 Å². The zero-order valence-corrected chi connectivity index (χ0v) is 44.3. The highest BCUT2D eigenvalue weighted by atomic mass is 16.6. The predicted molar refractivity (Wildman–Crippen MR) is 272 cm³/mol. The number of allylic oxidation sites excluding steroid dienone is 2. The quantitative estimate of drug-likeness (QED) is 0.140. The second-order valence-corrected chi connectivity index (χ2v) is 21.5. The molecule has 2 heterocycles. The summed E-state index contributed by atoms with van der Waals surface area (Å²) < 4.78 is 11.4. The Kier molecular flexibility index (Phi) is 29.5. The standard InChI is InChI=1S/C55H94O17/c1-30-14-10-11-18-44(61)35(6)53(68)31(2)15-12-16-33(4)55(70)72-49(38(9)50-22-23-51(66)71-50)19-13-17-39(56)25-40(57)27-45(62)36(7)54(69)37(8)46(63)28-41(58)26-42(59)29-48(65)47(64)24-34(5)52(67)32(3)20-21-43(30)60/h10,13-14,16-17,20-21,24,30-32,35-50,52-54,56-65,67-69H,11-12,15,18-19,22-23,25-29H2,1-9H3/t30-,31-,32-,35-,36-,37-,38-,39+,40-,41-,42-,43-,44-,45+,46-,47-,48+,49-,50+,52+,53+,54-/m0/s1. The number of hydrogen-bond acceptors (Lipinski definition) is 17. The Balaban J connectivity index is 2.28. The third-order valence-corrected chi connectivity index (χ3v) is 15.1. The SMILES string of the molecule is CC1=CCC[C@H](C)[C@@H](O)[C@@H](C)[C@@H](O)CCC=C[C@H](C)[C@@H](O)C=C[C@H](C)[C@@H](O)C(C)=C[C@H](O)[C@H](O)C[C@@H](O)C[C@H](O)C[C@H](O)[C@H](C)[C@@H](O)[C@@H](C)[C@H](O)C[C@@H](O)C[C@H](O)C=CC[C@@H]([C@H](C)[C@H]2CCC(=O)O2)OC1=O. The first-order valence-electron chi connectivity index (χ1n) is 26.3. The maximum atomic E-state index is 13.4. The van der Waals surface area contributed by atoms with Gasteiger partial charge in [0.2, 0.25) is 0 Å². The van der Waals surface area contributed by atoms with E-state index in [0.717, 1.165) is 0 Å². The molecular weight excluding hydrogens is 933 g/mol. The van der Waals surface area contributed by atoms with Crippen LogP contribution in [0.4, 0.5) is 0 Å². The fourth-order valence-electron chi connectivity index (χ4n) is 9.41. The predicted octanol–water partition coefficient (Wildman–Crippen LogP) is 3.22. The number of ether oxygens (including phenoxy) is 2. The lowest BCUT2D eigenvalue weighted by Gasteiger charge is -2.33. The first-order valence-corrected chi connectivity index (χ1v) is 26.3. The van der Waals surface area contributed by atoms with Gasteiger partial charge in [0.1, 0.15) is 12.2 Å². The Morgan fingerprint density at radius 2 is 1.11 bits per heavy atom. The minimum atomic E-state index is -1.48. The number of cyclic esters (lactones) is 2. The molecular formula is C55H94O17. The summed E-state index contributed by atoms with van der Waals surface area (Å²) in [5, 5.41) is 141. The van der Waals surface area contributed by atoms with E-state index in [4.69, 9.17) is 9.47 Å². The molecule has 0 bridgehead atoms. The molecule has 13 N–H and O–H groups in total. The van der Waals surface area contributed by atoms with E-state index in [2.05, 4.69) is 0 Å². The van der Waals surface area contributed by atoms with Gasteiger partial charge in [0.15, 0.2) is 0 Å². The fraction of sp³-hybridized carbons (Fsp3) is 0.782. The average Bonchev–Trinajstić information content (AvgIpc) is 3.77. The van der Waals surface area contributed by atoms with Crippen molar-refractivity contribution in [3.05, 3.63) is 59.8 Å². The number of carbonyl (C=O) groups is 2. The highest BCUT2D eigenvalue weighted by Gasteiger charge is 2.36. The first-order chi connectivity index (χ1) is 33.6. The van der Waals surface area contributed by atoms with Gasteiger partial charge in [0.05, 0.1) is 79.4 Å². The van der Waals surface area contributed by atoms with E-state index in [1.54, 1.807) is 52.0 Å². The number of hydrogen-bond donors (Lipinski definition) is 13. The molecule has 0 unspecified atom stereocenters. The van der Waals surface area contributed by atoms with Crippen molar-refractivity contribution in [1.82, 2.24) is 0 Å². The van der Waals surface area contributed by atoms with E-state index in [9.17, 15) is 76.0 Å². The van der Waals surface area contributed by atoms with Gasteiger partial charge in [-0.05, 0) is 76.7 Å². The summed E-state index contributed by atoms with van der Waals surface area (Å²) in [6.07, 6.45) is -2.35. The highest BCUT2D eigenvalue weighted by Crippen LogP contribution is 2.30. The largest absolute Gasteiger partial charge is 0.462 e. The molecule has 416 valence electrons. The zero-order valence-electron chi connectivity index (χ0n) is 44.3. The Bertz CT molecular complexity index is 1730. The van der Waals surface area contributed by atoms with E-state index in [1.165, 1.54) is 26.0 Å². The number of carbonyl (C=O) groups excluding carboxylic acids is 2. The molecule has 0 aromatic rings. The van der Waals surface area contributed by atoms with E-state index < -0.39 is 127 Å². The van der Waals surface area contributed by atoms with Gasteiger partial charge in [-0.1, -0.05) is 97.1 Å². The second kappa shape index (κ2) is 32.5. The number of aliphatic hydroxyl groups excluding tert-OH is 13. The smallest absolute Gasteiger partial charge is 0.333 e. The molecule has 2 rings (SSSR count). The van der Waals surface area contributed by atoms with Crippen LogP contribution in [0, 0.1) is 41.4 Å². The lowest BCUT2D eigenvalue weighted by molar-refractivity contribution is -0.152. The van der Waals surface area contributed by atoms with Crippen molar-refractivity contribution in [2.45, 2.75) is 231 Å². The summed E-state index contributed by atoms with van der Waals surface area (Å²) in [6, 6.07) is 0. The van der Waals surface area contributed by atoms with E-state index in [0.29, 0.717) is 43.3 Å². The van der Waals surface area contributed by atoms with Gasteiger partial charge >= 0.3 is 11.9 Å². The Morgan fingerprint density at radius 1 is 0.542 bits per heavy atom. The number of rotatable bonds is 2. The molecule has 2 aliphatic rings. The van der Waals surface area contributed by atoms with Crippen molar-refractivity contribution in [3.63, 3.8) is 0 Å². The molecule has 0 saturated carbocycles. The summed E-state index contributed by atoms with van der Waals surface area (Å²) in [7, 11) is 0. The molecule has 1 fully saturated rings. The number of esters is 2. The first kappa shape index (κ1) is 65.2. The van der Waals surface area contributed by atoms with Crippen molar-refractivity contribution in [2.24, 2.45) is 41.4 Å². The van der Waals surface area contributed by atoms with Crippen LogP contribution in [0.1, 0.15) is 139 Å². The van der Waals surface area contributed by atoms with Crippen molar-refractivity contribution in [1.29, 1.82) is 0 Å². The molecule has 72 heavy (non-hydrogen) atoms. The topological polar surface area (TPSA) is 316 Å². The molecule has 0 aromatic carbocycles. The molecule has 17 nitrogen and oxygen atoms in total. The van der Waals surface area contributed by atoms with Crippen LogP contribution in [-0.2, 0) is 19.1 Å². The van der Waals surface area contributed by atoms with E-state index in [-0.39, 0.29) is 62.8 Å². The molecule has 0 aromatic heterocycles.